The number of amides is 1. The van der Waals surface area contributed by atoms with E-state index in [9.17, 15) is 4.79 Å². The second-order valence-electron chi connectivity index (χ2n) is 5.37. The monoisotopic (exact) mass is 331 g/mol. The highest BCUT2D eigenvalue weighted by molar-refractivity contribution is 5.92. The quantitative estimate of drug-likeness (QED) is 0.716. The van der Waals surface area contributed by atoms with Crippen LogP contribution in [0.2, 0.25) is 0 Å². The van der Waals surface area contributed by atoms with Crippen LogP contribution in [0, 0.1) is 0 Å². The molecule has 0 radical (unpaired) electrons. The van der Waals surface area contributed by atoms with Gasteiger partial charge in [0.25, 0.3) is 5.91 Å². The molecule has 6 heteroatoms. The minimum absolute atomic E-state index is 0.132. The molecule has 2 rings (SSSR count). The molecule has 0 spiro atoms. The van der Waals surface area contributed by atoms with Crippen LogP contribution in [0.25, 0.3) is 0 Å². The minimum atomic E-state index is -0.132. The van der Waals surface area contributed by atoms with Crippen LogP contribution in [0.3, 0.4) is 0 Å². The molecule has 0 fully saturated rings. The molecular weight excluding hydrogens is 306 g/mol. The first-order valence-electron chi connectivity index (χ1n) is 8.24. The first kappa shape index (κ1) is 18.0. The van der Waals surface area contributed by atoms with Gasteiger partial charge in [0.05, 0.1) is 12.3 Å². The Bertz CT molecular complexity index is 667. The standard InChI is InChI=1S/C18H25N3O3/c1-4-15-12-17(21(3)20-15)18(22)19-13-14-7-6-8-16(11-14)24-10-9-23-5-2/h6-8,11-12H,4-5,9-10,13H2,1-3H3,(H,19,22). The van der Waals surface area contributed by atoms with Crippen LogP contribution in [0.1, 0.15) is 35.6 Å². The molecule has 0 aliphatic heterocycles. The number of hydrogen-bond donors (Lipinski definition) is 1. The Kier molecular flexibility index (Phi) is 6.81. The molecule has 0 saturated heterocycles. The van der Waals surface area contributed by atoms with E-state index in [2.05, 4.69) is 10.4 Å². The van der Waals surface area contributed by atoms with Crippen LogP contribution < -0.4 is 10.1 Å². The topological polar surface area (TPSA) is 65.4 Å². The number of carbonyl (C=O) groups excluding carboxylic acids is 1. The molecule has 1 aromatic carbocycles. The van der Waals surface area contributed by atoms with Gasteiger partial charge in [-0.1, -0.05) is 19.1 Å². The molecular formula is C18H25N3O3. The van der Waals surface area contributed by atoms with Gasteiger partial charge in [-0.3, -0.25) is 9.48 Å². The summed E-state index contributed by atoms with van der Waals surface area (Å²) in [4.78, 5) is 12.3. The van der Waals surface area contributed by atoms with Crippen LogP contribution in [0.5, 0.6) is 5.75 Å². The van der Waals surface area contributed by atoms with Crippen molar-refractivity contribution in [3.63, 3.8) is 0 Å². The van der Waals surface area contributed by atoms with E-state index in [0.29, 0.717) is 32.1 Å². The van der Waals surface area contributed by atoms with Crippen LogP contribution in [0.15, 0.2) is 30.3 Å². The third-order valence-electron chi connectivity index (χ3n) is 3.58. The van der Waals surface area contributed by atoms with E-state index in [1.54, 1.807) is 11.7 Å². The number of hydrogen-bond acceptors (Lipinski definition) is 4. The third kappa shape index (κ3) is 5.09. The van der Waals surface area contributed by atoms with Crippen LogP contribution in [0.4, 0.5) is 0 Å². The van der Waals surface area contributed by atoms with Gasteiger partial charge in [-0.05, 0) is 37.1 Å². The summed E-state index contributed by atoms with van der Waals surface area (Å²) < 4.78 is 12.5. The molecule has 0 unspecified atom stereocenters. The van der Waals surface area contributed by atoms with E-state index in [-0.39, 0.29) is 5.91 Å². The molecule has 1 amide bonds. The van der Waals surface area contributed by atoms with Gasteiger partial charge >= 0.3 is 0 Å². The highest BCUT2D eigenvalue weighted by atomic mass is 16.5. The Balaban J connectivity index is 1.89. The predicted octanol–water partition coefficient (Wildman–Crippen LogP) is 2.33. The molecule has 24 heavy (non-hydrogen) atoms. The van der Waals surface area contributed by atoms with E-state index in [1.165, 1.54) is 0 Å². The largest absolute Gasteiger partial charge is 0.491 e. The molecule has 0 atom stereocenters. The van der Waals surface area contributed by atoms with Gasteiger partial charge in [0.1, 0.15) is 18.1 Å². The molecule has 130 valence electrons. The Morgan fingerprint density at radius 1 is 1.25 bits per heavy atom. The van der Waals surface area contributed by atoms with Crippen LogP contribution in [-0.2, 0) is 24.8 Å². The Hall–Kier alpha value is -2.34. The molecule has 0 aliphatic carbocycles. The summed E-state index contributed by atoms with van der Waals surface area (Å²) >= 11 is 0. The molecule has 2 aromatic rings. The highest BCUT2D eigenvalue weighted by Crippen LogP contribution is 2.13. The van der Waals surface area contributed by atoms with Gasteiger partial charge in [-0.15, -0.1) is 0 Å². The molecule has 1 aromatic heterocycles. The van der Waals surface area contributed by atoms with Crippen molar-refractivity contribution < 1.29 is 14.3 Å². The zero-order valence-corrected chi connectivity index (χ0v) is 14.5. The SMILES string of the molecule is CCOCCOc1cccc(CNC(=O)c2cc(CC)nn2C)c1. The Labute approximate surface area is 142 Å². The number of aryl methyl sites for hydroxylation is 2. The van der Waals surface area contributed by atoms with E-state index < -0.39 is 0 Å². The lowest BCUT2D eigenvalue weighted by Gasteiger charge is -2.09. The Morgan fingerprint density at radius 3 is 2.79 bits per heavy atom. The maximum absolute atomic E-state index is 12.3. The zero-order valence-electron chi connectivity index (χ0n) is 14.5. The van der Waals surface area contributed by atoms with Crippen molar-refractivity contribution in [2.75, 3.05) is 19.8 Å². The first-order valence-corrected chi connectivity index (χ1v) is 8.24. The minimum Gasteiger partial charge on any atom is -0.491 e. The number of benzene rings is 1. The van der Waals surface area contributed by atoms with Gasteiger partial charge in [0.15, 0.2) is 0 Å². The number of nitrogens with zero attached hydrogens (tertiary/aromatic N) is 2. The molecule has 1 N–H and O–H groups in total. The summed E-state index contributed by atoms with van der Waals surface area (Å²) in [7, 11) is 1.78. The number of nitrogens with one attached hydrogen (secondary N) is 1. The van der Waals surface area contributed by atoms with Crippen molar-refractivity contribution in [3.05, 3.63) is 47.3 Å². The number of rotatable bonds is 9. The van der Waals surface area contributed by atoms with Gasteiger partial charge < -0.3 is 14.8 Å². The lowest BCUT2D eigenvalue weighted by Crippen LogP contribution is -2.25. The van der Waals surface area contributed by atoms with E-state index in [1.807, 2.05) is 44.2 Å². The molecule has 6 nitrogen and oxygen atoms in total. The number of ether oxygens (including phenoxy) is 2. The van der Waals surface area contributed by atoms with Crippen molar-refractivity contribution >= 4 is 5.91 Å². The van der Waals surface area contributed by atoms with Gasteiger partial charge in [-0.25, -0.2) is 0 Å². The summed E-state index contributed by atoms with van der Waals surface area (Å²) in [6.07, 6.45) is 0.808. The fraction of sp³-hybridized carbons (Fsp3) is 0.444. The lowest BCUT2D eigenvalue weighted by molar-refractivity contribution is 0.0941. The maximum Gasteiger partial charge on any atom is 0.269 e. The summed E-state index contributed by atoms with van der Waals surface area (Å²) in [6, 6.07) is 9.51. The van der Waals surface area contributed by atoms with Crippen molar-refractivity contribution in [1.29, 1.82) is 0 Å². The molecule has 0 aliphatic rings. The number of carbonyl (C=O) groups is 1. The highest BCUT2D eigenvalue weighted by Gasteiger charge is 2.12. The maximum atomic E-state index is 12.3. The average Bonchev–Trinajstić information content (AvgIpc) is 2.98. The summed E-state index contributed by atoms with van der Waals surface area (Å²) in [5.41, 5.74) is 2.46. The van der Waals surface area contributed by atoms with Gasteiger partial charge in [-0.2, -0.15) is 5.10 Å². The van der Waals surface area contributed by atoms with Crippen molar-refractivity contribution in [3.8, 4) is 5.75 Å². The third-order valence-corrected chi connectivity index (χ3v) is 3.58. The van der Waals surface area contributed by atoms with Crippen molar-refractivity contribution in [2.45, 2.75) is 26.8 Å². The van der Waals surface area contributed by atoms with E-state index in [0.717, 1.165) is 23.4 Å². The summed E-state index contributed by atoms with van der Waals surface area (Å²) in [5, 5.41) is 7.21. The van der Waals surface area contributed by atoms with Crippen LogP contribution in [-0.4, -0.2) is 35.5 Å². The van der Waals surface area contributed by atoms with Gasteiger partial charge in [0.2, 0.25) is 0 Å². The first-order chi connectivity index (χ1) is 11.6. The Morgan fingerprint density at radius 2 is 2.08 bits per heavy atom. The molecule has 0 saturated carbocycles. The second-order valence-corrected chi connectivity index (χ2v) is 5.37. The fourth-order valence-corrected chi connectivity index (χ4v) is 2.29. The predicted molar refractivity (Wildman–Crippen MR) is 92.2 cm³/mol. The normalized spacial score (nSPS) is 10.6. The summed E-state index contributed by atoms with van der Waals surface area (Å²) in [5.74, 6) is 0.641. The fourth-order valence-electron chi connectivity index (χ4n) is 2.29. The summed E-state index contributed by atoms with van der Waals surface area (Å²) in [6.45, 7) is 6.17. The second kappa shape index (κ2) is 9.08. The lowest BCUT2D eigenvalue weighted by atomic mass is 10.2. The molecule has 1 heterocycles. The van der Waals surface area contributed by atoms with E-state index in [4.69, 9.17) is 9.47 Å². The smallest absolute Gasteiger partial charge is 0.269 e. The van der Waals surface area contributed by atoms with Crippen molar-refractivity contribution in [1.82, 2.24) is 15.1 Å². The number of aromatic nitrogens is 2. The zero-order chi connectivity index (χ0) is 17.4. The van der Waals surface area contributed by atoms with Crippen LogP contribution >= 0.6 is 0 Å². The average molecular weight is 331 g/mol. The van der Waals surface area contributed by atoms with Gasteiger partial charge in [0, 0.05) is 20.2 Å². The molecule has 0 bridgehead atoms. The van der Waals surface area contributed by atoms with E-state index >= 15 is 0 Å². The van der Waals surface area contributed by atoms with Crippen molar-refractivity contribution in [2.24, 2.45) is 7.05 Å².